The van der Waals surface area contributed by atoms with Crippen LogP contribution in [-0.2, 0) is 48.0 Å². The molecule has 5 fully saturated rings. The summed E-state index contributed by atoms with van der Waals surface area (Å²) in [6.07, 6.45) is 9.85. The SMILES string of the molecule is CN(C)C(=O)CCC(=O)N1CCC([C@H](N)Cc2cc(F)c(F)cc2F)CC1.N[C@H](Cc1cc(F)c(F)cc1F)C1CCN(C(=O)CCC(=O)NC2CC2)CC1.N[C@H](Cc1cc(F)c(F)cc1F)C1CCN(C(=O)CCC(=O)NC2CCC(O)CC2)CC1. The van der Waals surface area contributed by atoms with E-state index in [1.54, 1.807) is 28.8 Å². The lowest BCUT2D eigenvalue weighted by atomic mass is 9.86. The van der Waals surface area contributed by atoms with Crippen molar-refractivity contribution in [1.29, 1.82) is 0 Å². The van der Waals surface area contributed by atoms with Crippen LogP contribution in [0.25, 0.3) is 0 Å². The van der Waals surface area contributed by atoms with E-state index in [0.717, 1.165) is 43.9 Å². The predicted molar refractivity (Wildman–Crippen MR) is 306 cm³/mol. The summed E-state index contributed by atoms with van der Waals surface area (Å²) in [6, 6.07) is 3.30. The molecule has 3 atom stereocenters. The molecular weight excluding hydrogens is 1150 g/mol. The highest BCUT2D eigenvalue weighted by atomic mass is 19.2. The first-order valence-electron chi connectivity index (χ1n) is 30.2. The van der Waals surface area contributed by atoms with E-state index in [2.05, 4.69) is 10.6 Å². The molecule has 5 aliphatic rings. The molecule has 482 valence electrons. The van der Waals surface area contributed by atoms with E-state index in [4.69, 9.17) is 17.2 Å². The third kappa shape index (κ3) is 22.1. The van der Waals surface area contributed by atoms with Gasteiger partial charge in [-0.25, -0.2) is 39.5 Å². The second kappa shape index (κ2) is 33.3. The first kappa shape index (κ1) is 69.8. The highest BCUT2D eigenvalue weighted by Crippen LogP contribution is 2.29. The van der Waals surface area contributed by atoms with Crippen molar-refractivity contribution in [1.82, 2.24) is 30.2 Å². The summed E-state index contributed by atoms with van der Waals surface area (Å²) in [5.74, 6) is -9.71. The Hall–Kier alpha value is -6.31. The Morgan fingerprint density at radius 1 is 0.425 bits per heavy atom. The molecule has 16 nitrogen and oxygen atoms in total. The monoisotopic (exact) mass is 1240 g/mol. The van der Waals surface area contributed by atoms with Crippen molar-refractivity contribution in [3.05, 3.63) is 105 Å². The maximum Gasteiger partial charge on any atom is 0.223 e. The van der Waals surface area contributed by atoms with E-state index in [9.17, 15) is 73.4 Å². The Bertz CT molecular complexity index is 2820. The van der Waals surface area contributed by atoms with Crippen molar-refractivity contribution < 1.29 is 73.4 Å². The fraction of sp³-hybridized carbons (Fsp3) is 0.613. The van der Waals surface area contributed by atoms with E-state index < -0.39 is 70.5 Å². The van der Waals surface area contributed by atoms with Crippen LogP contribution < -0.4 is 27.8 Å². The van der Waals surface area contributed by atoms with Crippen LogP contribution in [0.4, 0.5) is 39.5 Å². The molecule has 9 N–H and O–H groups in total. The number of likely N-dealkylation sites (tertiary alicyclic amines) is 3. The lowest BCUT2D eigenvalue weighted by Gasteiger charge is -2.35. The molecule has 3 aromatic rings. The second-order valence-electron chi connectivity index (χ2n) is 24.0. The van der Waals surface area contributed by atoms with Crippen LogP contribution in [0.2, 0.25) is 0 Å². The van der Waals surface area contributed by atoms with Gasteiger partial charge in [0.2, 0.25) is 35.4 Å². The molecule has 2 aliphatic carbocycles. The number of hydrogen-bond acceptors (Lipinski definition) is 10. The van der Waals surface area contributed by atoms with Gasteiger partial charge in [0, 0.05) is 140 Å². The maximum atomic E-state index is 13.9. The van der Waals surface area contributed by atoms with Gasteiger partial charge >= 0.3 is 0 Å². The lowest BCUT2D eigenvalue weighted by molar-refractivity contribution is -0.136. The fourth-order valence-electron chi connectivity index (χ4n) is 11.6. The predicted octanol–water partition coefficient (Wildman–Crippen LogP) is 6.76. The summed E-state index contributed by atoms with van der Waals surface area (Å²) >= 11 is 0. The quantitative estimate of drug-likeness (QED) is 0.0513. The zero-order chi connectivity index (χ0) is 63.6. The molecule has 0 spiro atoms. The van der Waals surface area contributed by atoms with Gasteiger partial charge in [-0.3, -0.25) is 28.8 Å². The van der Waals surface area contributed by atoms with Crippen LogP contribution in [0.3, 0.4) is 0 Å². The van der Waals surface area contributed by atoms with Gasteiger partial charge in [0.05, 0.1) is 6.10 Å². The number of amides is 6. The normalized spacial score (nSPS) is 19.6. The largest absolute Gasteiger partial charge is 0.393 e. The van der Waals surface area contributed by atoms with Crippen LogP contribution in [0.1, 0.15) is 132 Å². The number of aliphatic hydroxyl groups excluding tert-OH is 1. The van der Waals surface area contributed by atoms with Crippen LogP contribution in [0.15, 0.2) is 36.4 Å². The summed E-state index contributed by atoms with van der Waals surface area (Å²) in [5.41, 5.74) is 18.7. The number of hydrogen-bond donors (Lipinski definition) is 6. The van der Waals surface area contributed by atoms with Crippen molar-refractivity contribution in [2.75, 3.05) is 53.4 Å². The van der Waals surface area contributed by atoms with Gasteiger partial charge in [0.1, 0.15) is 17.5 Å². The lowest BCUT2D eigenvalue weighted by Crippen LogP contribution is -2.44. The van der Waals surface area contributed by atoms with E-state index in [1.165, 1.54) is 4.90 Å². The minimum absolute atomic E-state index is 0.0384. The Labute approximate surface area is 502 Å². The third-order valence-corrected chi connectivity index (χ3v) is 17.3. The van der Waals surface area contributed by atoms with Crippen molar-refractivity contribution in [3.8, 4) is 0 Å². The smallest absolute Gasteiger partial charge is 0.223 e. The van der Waals surface area contributed by atoms with E-state index in [-0.39, 0.29) is 140 Å². The number of piperidine rings is 3. The molecule has 6 amide bonds. The van der Waals surface area contributed by atoms with E-state index in [1.807, 2.05) is 0 Å². The molecule has 0 aromatic heterocycles. The summed E-state index contributed by atoms with van der Waals surface area (Å²) in [6.45, 7) is 3.10. The number of nitrogens with zero attached hydrogens (tertiary/aromatic N) is 4. The number of aliphatic hydroxyl groups is 1. The third-order valence-electron chi connectivity index (χ3n) is 17.3. The second-order valence-corrected chi connectivity index (χ2v) is 24.0. The molecule has 0 unspecified atom stereocenters. The molecular formula is C62H84F9N9O7. The fourth-order valence-corrected chi connectivity index (χ4v) is 11.6. The number of carbonyl (C=O) groups excluding carboxylic acids is 6. The van der Waals surface area contributed by atoms with Gasteiger partial charge in [0.25, 0.3) is 0 Å². The Morgan fingerprint density at radius 3 is 0.966 bits per heavy atom. The molecule has 8 rings (SSSR count). The summed E-state index contributed by atoms with van der Waals surface area (Å²) in [7, 11) is 3.30. The first-order chi connectivity index (χ1) is 41.2. The van der Waals surface area contributed by atoms with Crippen molar-refractivity contribution in [2.45, 2.75) is 171 Å². The number of nitrogens with two attached hydrogens (primary N) is 3. The Balaban J connectivity index is 0.000000209. The number of carbonyl (C=O) groups is 6. The van der Waals surface area contributed by atoms with Crippen LogP contribution >= 0.6 is 0 Å². The molecule has 0 bridgehead atoms. The molecule has 2 saturated carbocycles. The molecule has 25 heteroatoms. The number of halogens is 9. The molecule has 3 heterocycles. The van der Waals surface area contributed by atoms with Gasteiger partial charge in [-0.05, 0) is 149 Å². The number of rotatable bonds is 20. The van der Waals surface area contributed by atoms with E-state index >= 15 is 0 Å². The summed E-state index contributed by atoms with van der Waals surface area (Å²) in [5, 5.41) is 15.3. The Morgan fingerprint density at radius 2 is 0.690 bits per heavy atom. The zero-order valence-corrected chi connectivity index (χ0v) is 49.6. The summed E-state index contributed by atoms with van der Waals surface area (Å²) < 4.78 is 121. The highest BCUT2D eigenvalue weighted by Gasteiger charge is 2.32. The highest BCUT2D eigenvalue weighted by molar-refractivity contribution is 5.85. The van der Waals surface area contributed by atoms with Crippen molar-refractivity contribution in [3.63, 3.8) is 0 Å². The maximum absolute atomic E-state index is 13.9. The van der Waals surface area contributed by atoms with Gasteiger partial charge < -0.3 is 52.5 Å². The molecule has 3 aromatic carbocycles. The number of benzene rings is 3. The molecule has 0 radical (unpaired) electrons. The van der Waals surface area contributed by atoms with E-state index in [0.29, 0.717) is 115 Å². The number of nitrogens with one attached hydrogen (secondary N) is 2. The topological polar surface area (TPSA) is 238 Å². The standard InChI is InChI=1S/C23H32F3N3O3.C20H26F3N3O2.C19H26F3N3O2/c24-18-13-20(26)19(25)11-15(18)12-21(27)14-7-9-29(10-8-14)23(32)6-5-22(31)28-16-1-3-17(30)4-2-16;21-15-11-17(23)16(22)9-13(15)10-18(24)12-5-7-26(8-6-12)20(28)4-3-19(27)25-14-1-2-14;1-24(2)18(26)3-4-19(27)25-7-5-12(6-8-25)17(23)10-13-9-15(21)16(22)11-14(13)20/h11,13-14,16-17,21,30H,1-10,12,27H2,(H,28,31);9,11-12,14,18H,1-8,10,24H2,(H,25,27);9,11-12,17H,3-8,10,23H2,1-2H3/t16?,17?,21-;18-;17-/m111/s1. The zero-order valence-electron chi connectivity index (χ0n) is 49.6. The van der Waals surface area contributed by atoms with Crippen molar-refractivity contribution >= 4 is 35.4 Å². The average Bonchev–Trinajstić information content (AvgIpc) is 3.86. The first-order valence-corrected chi connectivity index (χ1v) is 30.2. The van der Waals surface area contributed by atoms with Crippen LogP contribution in [-0.4, -0.2) is 150 Å². The average molecular weight is 1240 g/mol. The summed E-state index contributed by atoms with van der Waals surface area (Å²) in [4.78, 5) is 79.0. The Kier molecular flexibility index (Phi) is 26.7. The minimum atomic E-state index is -1.22. The molecule has 3 saturated heterocycles. The molecule has 87 heavy (non-hydrogen) atoms. The van der Waals surface area contributed by atoms with Gasteiger partial charge in [0.15, 0.2) is 34.9 Å². The van der Waals surface area contributed by atoms with Crippen LogP contribution in [0.5, 0.6) is 0 Å². The minimum Gasteiger partial charge on any atom is -0.393 e. The van der Waals surface area contributed by atoms with Gasteiger partial charge in [-0.1, -0.05) is 0 Å². The van der Waals surface area contributed by atoms with Gasteiger partial charge in [-0.2, -0.15) is 0 Å². The molecule has 3 aliphatic heterocycles. The van der Waals surface area contributed by atoms with Crippen molar-refractivity contribution in [2.24, 2.45) is 35.0 Å². The van der Waals surface area contributed by atoms with Gasteiger partial charge in [-0.15, -0.1) is 0 Å². The van der Waals surface area contributed by atoms with Crippen LogP contribution in [0, 0.1) is 70.1 Å².